The van der Waals surface area contributed by atoms with E-state index in [0.717, 1.165) is 16.7 Å². The van der Waals surface area contributed by atoms with Gasteiger partial charge in [0.2, 0.25) is 17.7 Å². The van der Waals surface area contributed by atoms with Gasteiger partial charge >= 0.3 is 6.18 Å². The van der Waals surface area contributed by atoms with Gasteiger partial charge in [-0.05, 0) is 18.2 Å². The van der Waals surface area contributed by atoms with Crippen molar-refractivity contribution in [1.82, 2.24) is 9.47 Å². The number of fused-ring (bicyclic) bond motifs is 1. The highest BCUT2D eigenvalue weighted by atomic mass is 19.4. The van der Waals surface area contributed by atoms with Crippen molar-refractivity contribution >= 4 is 5.91 Å². The molecule has 2 bridgehead atoms. The molecular weight excluding hydrogens is 349 g/mol. The van der Waals surface area contributed by atoms with Crippen LogP contribution >= 0.6 is 0 Å². The Morgan fingerprint density at radius 3 is 2.50 bits per heavy atom. The SMILES string of the molecule is CC(=O)N1CC2C=CC1c1c2c(O)n(-c2cccc(C(F)(F)F)c2)c1O. The average Bonchev–Trinajstić information content (AvgIpc) is 2.87. The van der Waals surface area contributed by atoms with Crippen LogP contribution in [0.3, 0.4) is 0 Å². The molecule has 5 rings (SSSR count). The molecule has 0 saturated heterocycles. The van der Waals surface area contributed by atoms with Gasteiger partial charge < -0.3 is 15.1 Å². The predicted octanol–water partition coefficient (Wildman–Crippen LogP) is 3.46. The molecule has 1 aromatic carbocycles. The topological polar surface area (TPSA) is 65.7 Å². The second kappa shape index (κ2) is 5.30. The molecule has 2 aliphatic heterocycles. The van der Waals surface area contributed by atoms with Crippen molar-refractivity contribution in [2.75, 3.05) is 6.54 Å². The third kappa shape index (κ3) is 2.21. The molecule has 3 aliphatic rings. The Hall–Kier alpha value is -2.90. The number of carbonyl (C=O) groups is 1. The van der Waals surface area contributed by atoms with Gasteiger partial charge in [0.05, 0.1) is 17.3 Å². The van der Waals surface area contributed by atoms with Gasteiger partial charge in [0.1, 0.15) is 0 Å². The molecule has 1 aromatic heterocycles. The van der Waals surface area contributed by atoms with Crippen LogP contribution in [0.25, 0.3) is 5.69 Å². The van der Waals surface area contributed by atoms with Gasteiger partial charge in [0.15, 0.2) is 0 Å². The standard InChI is InChI=1S/C18H15F3N2O3/c1-9(24)22-8-10-5-6-13(22)15-14(10)16(25)23(17(15)26)12-4-2-3-11(7-12)18(19,20)21/h2-7,10,13,25-26H,8H2,1H3. The van der Waals surface area contributed by atoms with Crippen LogP contribution in [0, 0.1) is 0 Å². The Morgan fingerprint density at radius 1 is 1.15 bits per heavy atom. The van der Waals surface area contributed by atoms with Gasteiger partial charge in [-0.15, -0.1) is 0 Å². The van der Waals surface area contributed by atoms with Crippen LogP contribution in [0.1, 0.15) is 35.6 Å². The molecule has 5 nitrogen and oxygen atoms in total. The molecular formula is C18H15F3N2O3. The quantitative estimate of drug-likeness (QED) is 0.762. The number of rotatable bonds is 1. The zero-order valence-electron chi connectivity index (χ0n) is 13.7. The van der Waals surface area contributed by atoms with Crippen LogP contribution in [0.5, 0.6) is 11.8 Å². The second-order valence-corrected chi connectivity index (χ2v) is 6.47. The fraction of sp³-hybridized carbons (Fsp3) is 0.278. The number of halogens is 3. The zero-order chi connectivity index (χ0) is 18.8. The zero-order valence-corrected chi connectivity index (χ0v) is 13.7. The number of hydrogen-bond acceptors (Lipinski definition) is 3. The minimum Gasteiger partial charge on any atom is -0.494 e. The lowest BCUT2D eigenvalue weighted by Crippen LogP contribution is -2.41. The first-order valence-electron chi connectivity index (χ1n) is 7.99. The van der Waals surface area contributed by atoms with Crippen molar-refractivity contribution < 1.29 is 28.2 Å². The summed E-state index contributed by atoms with van der Waals surface area (Å²) in [7, 11) is 0. The van der Waals surface area contributed by atoms with Crippen LogP contribution in [0.2, 0.25) is 0 Å². The number of aromatic nitrogens is 1. The fourth-order valence-electron chi connectivity index (χ4n) is 3.80. The molecule has 2 unspecified atom stereocenters. The molecule has 1 amide bonds. The van der Waals surface area contributed by atoms with E-state index >= 15 is 0 Å². The molecule has 2 N–H and O–H groups in total. The van der Waals surface area contributed by atoms with Crippen LogP contribution in [0.4, 0.5) is 13.2 Å². The van der Waals surface area contributed by atoms with E-state index in [1.165, 1.54) is 19.1 Å². The highest BCUT2D eigenvalue weighted by Gasteiger charge is 2.43. The van der Waals surface area contributed by atoms with Crippen molar-refractivity contribution in [3.8, 4) is 17.4 Å². The summed E-state index contributed by atoms with van der Waals surface area (Å²) < 4.78 is 40.0. The average molecular weight is 364 g/mol. The molecule has 8 heteroatoms. The van der Waals surface area contributed by atoms with E-state index < -0.39 is 17.8 Å². The van der Waals surface area contributed by atoms with Crippen molar-refractivity contribution in [1.29, 1.82) is 0 Å². The number of carbonyl (C=O) groups excluding carboxylic acids is 1. The lowest BCUT2D eigenvalue weighted by Gasteiger charge is -2.40. The van der Waals surface area contributed by atoms with Gasteiger partial charge in [-0.3, -0.25) is 9.36 Å². The van der Waals surface area contributed by atoms with Gasteiger partial charge in [0, 0.05) is 30.5 Å². The van der Waals surface area contributed by atoms with Gasteiger partial charge in [-0.25, -0.2) is 0 Å². The number of alkyl halides is 3. The second-order valence-electron chi connectivity index (χ2n) is 6.47. The van der Waals surface area contributed by atoms with Gasteiger partial charge in [-0.1, -0.05) is 18.2 Å². The van der Waals surface area contributed by atoms with Crippen LogP contribution in [0.15, 0.2) is 36.4 Å². The summed E-state index contributed by atoms with van der Waals surface area (Å²) in [5.41, 5.74) is -0.0799. The summed E-state index contributed by atoms with van der Waals surface area (Å²) in [6.07, 6.45) is -0.949. The third-order valence-electron chi connectivity index (χ3n) is 4.95. The maximum Gasteiger partial charge on any atom is 0.416 e. The van der Waals surface area contributed by atoms with Crippen molar-refractivity contribution in [2.24, 2.45) is 0 Å². The molecule has 26 heavy (non-hydrogen) atoms. The minimum absolute atomic E-state index is 0.00185. The fourth-order valence-corrected chi connectivity index (χ4v) is 3.80. The van der Waals surface area contributed by atoms with Crippen LogP contribution < -0.4 is 0 Å². The van der Waals surface area contributed by atoms with E-state index in [-0.39, 0.29) is 29.3 Å². The number of hydrogen-bond donors (Lipinski definition) is 2. The number of nitrogens with zero attached hydrogens (tertiary/aromatic N) is 2. The lowest BCUT2D eigenvalue weighted by molar-refractivity contribution is -0.137. The van der Waals surface area contributed by atoms with E-state index in [9.17, 15) is 28.2 Å². The first-order valence-corrected chi connectivity index (χ1v) is 7.99. The Bertz CT molecular complexity index is 946. The highest BCUT2D eigenvalue weighted by Crippen LogP contribution is 2.52. The molecule has 0 saturated carbocycles. The van der Waals surface area contributed by atoms with Crippen molar-refractivity contribution in [3.05, 3.63) is 53.1 Å². The van der Waals surface area contributed by atoms with Crippen molar-refractivity contribution in [2.45, 2.75) is 25.1 Å². The Balaban J connectivity index is 1.89. The largest absolute Gasteiger partial charge is 0.494 e. The van der Waals surface area contributed by atoms with Crippen LogP contribution in [-0.4, -0.2) is 32.1 Å². The maximum atomic E-state index is 13.0. The molecule has 136 valence electrons. The number of benzene rings is 1. The van der Waals surface area contributed by atoms with E-state index in [0.29, 0.717) is 17.7 Å². The lowest BCUT2D eigenvalue weighted by atomic mass is 9.82. The molecule has 2 aromatic rings. The van der Waals surface area contributed by atoms with E-state index in [4.69, 9.17) is 0 Å². The van der Waals surface area contributed by atoms with Gasteiger partial charge in [0.25, 0.3) is 0 Å². The predicted molar refractivity (Wildman–Crippen MR) is 86.1 cm³/mol. The Labute approximate surface area is 146 Å². The summed E-state index contributed by atoms with van der Waals surface area (Å²) in [5.74, 6) is -1.17. The van der Waals surface area contributed by atoms with E-state index in [2.05, 4.69) is 0 Å². The first kappa shape index (κ1) is 16.6. The monoisotopic (exact) mass is 364 g/mol. The molecule has 3 heterocycles. The number of aromatic hydroxyl groups is 2. The summed E-state index contributed by atoms with van der Waals surface area (Å²) in [4.78, 5) is 13.4. The number of amides is 1. The summed E-state index contributed by atoms with van der Waals surface area (Å²) >= 11 is 0. The van der Waals surface area contributed by atoms with Crippen LogP contribution in [-0.2, 0) is 11.0 Å². The van der Waals surface area contributed by atoms with E-state index in [1.807, 2.05) is 6.08 Å². The first-order chi connectivity index (χ1) is 12.2. The molecule has 1 aliphatic carbocycles. The molecule has 0 spiro atoms. The van der Waals surface area contributed by atoms with Gasteiger partial charge in [-0.2, -0.15) is 13.2 Å². The minimum atomic E-state index is -4.54. The maximum absolute atomic E-state index is 13.0. The van der Waals surface area contributed by atoms with E-state index in [1.54, 1.807) is 11.0 Å². The van der Waals surface area contributed by atoms with Crippen molar-refractivity contribution in [3.63, 3.8) is 0 Å². The normalized spacial score (nSPS) is 21.2. The highest BCUT2D eigenvalue weighted by molar-refractivity contribution is 5.76. The third-order valence-corrected chi connectivity index (χ3v) is 4.95. The molecule has 2 atom stereocenters. The molecule has 0 fully saturated rings. The Kier molecular flexibility index (Phi) is 3.37. The summed E-state index contributed by atoms with van der Waals surface area (Å²) in [6.45, 7) is 1.76. The smallest absolute Gasteiger partial charge is 0.416 e. The summed E-state index contributed by atoms with van der Waals surface area (Å²) in [5, 5.41) is 21.3. The summed E-state index contributed by atoms with van der Waals surface area (Å²) in [6, 6.07) is 3.82. The molecule has 0 radical (unpaired) electrons. The Morgan fingerprint density at radius 2 is 1.85 bits per heavy atom.